The molecule has 3 nitrogen and oxygen atoms in total. The van der Waals surface area contributed by atoms with Crippen LogP contribution in [-0.2, 0) is 5.41 Å². The maximum atomic E-state index is 5.88. The van der Waals surface area contributed by atoms with Gasteiger partial charge in [-0.3, -0.25) is 0 Å². The molecular formula is C13H16BrN3S. The summed E-state index contributed by atoms with van der Waals surface area (Å²) in [5.41, 5.74) is 6.81. The third kappa shape index (κ3) is 2.72. The monoisotopic (exact) mass is 325 g/mol. The van der Waals surface area contributed by atoms with Crippen molar-refractivity contribution in [2.75, 3.05) is 5.73 Å². The Labute approximate surface area is 120 Å². The molecule has 2 aromatic rings. The zero-order valence-electron chi connectivity index (χ0n) is 10.9. The van der Waals surface area contributed by atoms with Gasteiger partial charge in [0.1, 0.15) is 5.82 Å². The molecule has 0 aromatic carbocycles. The zero-order valence-corrected chi connectivity index (χ0v) is 13.3. The van der Waals surface area contributed by atoms with Crippen LogP contribution in [0.15, 0.2) is 16.6 Å². The fourth-order valence-corrected chi connectivity index (χ4v) is 3.00. The van der Waals surface area contributed by atoms with E-state index >= 15 is 0 Å². The Morgan fingerprint density at radius 1 is 1.22 bits per heavy atom. The van der Waals surface area contributed by atoms with E-state index in [0.717, 1.165) is 15.0 Å². The van der Waals surface area contributed by atoms with E-state index in [-0.39, 0.29) is 5.41 Å². The lowest BCUT2D eigenvalue weighted by atomic mass is 9.92. The minimum Gasteiger partial charge on any atom is -0.384 e. The number of halogens is 1. The summed E-state index contributed by atoms with van der Waals surface area (Å²) in [6, 6.07) is 3.89. The van der Waals surface area contributed by atoms with E-state index in [4.69, 9.17) is 5.73 Å². The molecular weight excluding hydrogens is 310 g/mol. The second-order valence-electron chi connectivity index (χ2n) is 5.27. The molecule has 5 heteroatoms. The van der Waals surface area contributed by atoms with Crippen LogP contribution in [-0.4, -0.2) is 9.97 Å². The highest BCUT2D eigenvalue weighted by atomic mass is 79.9. The summed E-state index contributed by atoms with van der Waals surface area (Å²) >= 11 is 5.18. The van der Waals surface area contributed by atoms with E-state index in [9.17, 15) is 0 Å². The lowest BCUT2D eigenvalue weighted by Crippen LogP contribution is -2.15. The Balaban J connectivity index is 2.55. The lowest BCUT2D eigenvalue weighted by molar-refractivity contribution is 0.568. The Kier molecular flexibility index (Phi) is 3.47. The molecule has 0 radical (unpaired) electrons. The van der Waals surface area contributed by atoms with Gasteiger partial charge in [0.15, 0.2) is 5.82 Å². The number of thiophene rings is 1. The maximum absolute atomic E-state index is 5.88. The number of hydrogen-bond acceptors (Lipinski definition) is 4. The van der Waals surface area contributed by atoms with E-state index in [2.05, 4.69) is 53.6 Å². The highest BCUT2D eigenvalue weighted by molar-refractivity contribution is 9.10. The smallest absolute Gasteiger partial charge is 0.171 e. The minimum absolute atomic E-state index is 0.0324. The van der Waals surface area contributed by atoms with Gasteiger partial charge < -0.3 is 5.73 Å². The van der Waals surface area contributed by atoms with Crippen LogP contribution in [0.4, 0.5) is 5.82 Å². The number of nitrogens with zero attached hydrogens (tertiary/aromatic N) is 2. The molecule has 18 heavy (non-hydrogen) atoms. The molecule has 0 aliphatic rings. The zero-order chi connectivity index (χ0) is 13.5. The Hall–Kier alpha value is -0.940. The topological polar surface area (TPSA) is 51.8 Å². The van der Waals surface area contributed by atoms with Gasteiger partial charge in [0, 0.05) is 20.8 Å². The van der Waals surface area contributed by atoms with E-state index < -0.39 is 0 Å². The molecule has 96 valence electrons. The van der Waals surface area contributed by atoms with E-state index in [0.29, 0.717) is 11.6 Å². The predicted molar refractivity (Wildman–Crippen MR) is 80.9 cm³/mol. The molecule has 0 saturated carbocycles. The molecule has 0 unspecified atom stereocenters. The molecule has 0 spiro atoms. The number of hydrogen-bond donors (Lipinski definition) is 1. The maximum Gasteiger partial charge on any atom is 0.171 e. The molecule has 2 N–H and O–H groups in total. The first kappa shape index (κ1) is 13.5. The average Bonchev–Trinajstić information content (AvgIpc) is 2.57. The Morgan fingerprint density at radius 3 is 2.39 bits per heavy atom. The van der Waals surface area contributed by atoms with Crippen molar-refractivity contribution in [3.63, 3.8) is 0 Å². The number of aryl methyl sites for hydroxylation is 1. The van der Waals surface area contributed by atoms with Crippen molar-refractivity contribution in [1.82, 2.24) is 9.97 Å². The van der Waals surface area contributed by atoms with Crippen LogP contribution in [0.3, 0.4) is 0 Å². The first-order valence-corrected chi connectivity index (χ1v) is 7.29. The van der Waals surface area contributed by atoms with Crippen LogP contribution in [0.5, 0.6) is 0 Å². The number of aromatic nitrogens is 2. The van der Waals surface area contributed by atoms with Gasteiger partial charge in [-0.25, -0.2) is 9.97 Å². The summed E-state index contributed by atoms with van der Waals surface area (Å²) in [5.74, 6) is 1.23. The molecule has 0 bridgehead atoms. The fraction of sp³-hybridized carbons (Fsp3) is 0.385. The van der Waals surface area contributed by atoms with Crippen molar-refractivity contribution in [3.05, 3.63) is 27.2 Å². The van der Waals surface area contributed by atoms with Gasteiger partial charge in [0.2, 0.25) is 0 Å². The van der Waals surface area contributed by atoms with Gasteiger partial charge in [-0.15, -0.1) is 11.3 Å². The van der Waals surface area contributed by atoms with Gasteiger partial charge in [-0.1, -0.05) is 20.8 Å². The normalized spacial score (nSPS) is 11.8. The fourth-order valence-electron chi connectivity index (χ4n) is 1.53. The average molecular weight is 326 g/mol. The van der Waals surface area contributed by atoms with Crippen LogP contribution in [0.1, 0.15) is 31.3 Å². The van der Waals surface area contributed by atoms with Gasteiger partial charge >= 0.3 is 0 Å². The highest BCUT2D eigenvalue weighted by Crippen LogP contribution is 2.33. The number of nitrogens with two attached hydrogens (primary N) is 1. The van der Waals surface area contributed by atoms with Crippen LogP contribution < -0.4 is 5.73 Å². The molecule has 2 aromatic heterocycles. The summed E-state index contributed by atoms with van der Waals surface area (Å²) in [6.07, 6.45) is 0. The van der Waals surface area contributed by atoms with Crippen molar-refractivity contribution in [3.8, 4) is 10.7 Å². The van der Waals surface area contributed by atoms with Gasteiger partial charge in [-0.2, -0.15) is 0 Å². The molecule has 0 aliphatic carbocycles. The van der Waals surface area contributed by atoms with Crippen molar-refractivity contribution >= 4 is 33.1 Å². The summed E-state index contributed by atoms with van der Waals surface area (Å²) < 4.78 is 1.09. The second-order valence-corrected chi connectivity index (χ2v) is 7.38. The first-order chi connectivity index (χ1) is 8.27. The molecule has 0 fully saturated rings. The van der Waals surface area contributed by atoms with Crippen LogP contribution in [0, 0.1) is 6.92 Å². The predicted octanol–water partition coefficient (Wildman–Crippen LogP) is 4.16. The van der Waals surface area contributed by atoms with E-state index in [1.165, 1.54) is 4.88 Å². The third-order valence-corrected chi connectivity index (χ3v) is 4.72. The highest BCUT2D eigenvalue weighted by Gasteiger charge is 2.18. The van der Waals surface area contributed by atoms with Gasteiger partial charge in [-0.05, 0) is 28.9 Å². The standard InChI is InChI=1S/C13H16BrN3S/c1-7-8(14)5-9(18-7)12-16-10(13(2,3)4)6-11(15)17-12/h5-6H,1-4H3,(H2,15,16,17). The molecule has 0 atom stereocenters. The van der Waals surface area contributed by atoms with Gasteiger partial charge in [0.05, 0.1) is 10.6 Å². The number of nitrogen functional groups attached to an aromatic ring is 1. The molecule has 0 amide bonds. The molecule has 2 rings (SSSR count). The van der Waals surface area contributed by atoms with Gasteiger partial charge in [0.25, 0.3) is 0 Å². The number of rotatable bonds is 1. The molecule has 0 saturated heterocycles. The van der Waals surface area contributed by atoms with Crippen LogP contribution >= 0.6 is 27.3 Å². The van der Waals surface area contributed by atoms with Crippen LogP contribution in [0.2, 0.25) is 0 Å². The van der Waals surface area contributed by atoms with Crippen molar-refractivity contribution < 1.29 is 0 Å². The van der Waals surface area contributed by atoms with Crippen molar-refractivity contribution in [2.24, 2.45) is 0 Å². The molecule has 2 heterocycles. The third-order valence-electron chi connectivity index (χ3n) is 2.59. The Morgan fingerprint density at radius 2 is 1.89 bits per heavy atom. The summed E-state index contributed by atoms with van der Waals surface area (Å²) in [4.78, 5) is 11.2. The minimum atomic E-state index is -0.0324. The summed E-state index contributed by atoms with van der Waals surface area (Å²) in [6.45, 7) is 8.42. The number of anilines is 1. The lowest BCUT2D eigenvalue weighted by Gasteiger charge is -2.18. The van der Waals surface area contributed by atoms with Crippen molar-refractivity contribution in [2.45, 2.75) is 33.1 Å². The van der Waals surface area contributed by atoms with Crippen LogP contribution in [0.25, 0.3) is 10.7 Å². The van der Waals surface area contributed by atoms with Crippen molar-refractivity contribution in [1.29, 1.82) is 0 Å². The molecule has 0 aliphatic heterocycles. The summed E-state index contributed by atoms with van der Waals surface area (Å²) in [5, 5.41) is 0. The van der Waals surface area contributed by atoms with E-state index in [1.807, 2.05) is 12.1 Å². The second kappa shape index (κ2) is 4.63. The largest absolute Gasteiger partial charge is 0.384 e. The Bertz CT molecular complexity index is 565. The first-order valence-electron chi connectivity index (χ1n) is 5.69. The van der Waals surface area contributed by atoms with E-state index in [1.54, 1.807) is 11.3 Å². The quantitative estimate of drug-likeness (QED) is 0.856. The summed E-state index contributed by atoms with van der Waals surface area (Å²) in [7, 11) is 0. The SMILES string of the molecule is Cc1sc(-c2nc(N)cc(C(C)(C)C)n2)cc1Br.